The first-order valence-corrected chi connectivity index (χ1v) is 7.47. The molecule has 2 heteroatoms. The number of rotatable bonds is 3. The van der Waals surface area contributed by atoms with Gasteiger partial charge in [-0.2, -0.15) is 0 Å². The van der Waals surface area contributed by atoms with E-state index in [4.69, 9.17) is 4.74 Å². The van der Waals surface area contributed by atoms with Crippen molar-refractivity contribution in [3.63, 3.8) is 0 Å². The Kier molecular flexibility index (Phi) is 4.36. The number of fused-ring (bicyclic) bond motifs is 1. The molecule has 1 heterocycles. The van der Waals surface area contributed by atoms with E-state index in [2.05, 4.69) is 45.9 Å². The molecule has 0 unspecified atom stereocenters. The van der Waals surface area contributed by atoms with Crippen LogP contribution in [0.4, 0.5) is 0 Å². The third-order valence-electron chi connectivity index (χ3n) is 3.62. The maximum Gasteiger partial charge on any atom is 0.152 e. The van der Waals surface area contributed by atoms with Crippen molar-refractivity contribution in [1.29, 1.82) is 0 Å². The lowest BCUT2D eigenvalue weighted by atomic mass is 9.89. The summed E-state index contributed by atoms with van der Waals surface area (Å²) in [5, 5.41) is 0. The van der Waals surface area contributed by atoms with Crippen LogP contribution in [0.15, 0.2) is 36.4 Å². The highest BCUT2D eigenvalue weighted by Crippen LogP contribution is 2.37. The highest BCUT2D eigenvalue weighted by Gasteiger charge is 2.23. The van der Waals surface area contributed by atoms with E-state index in [1.807, 2.05) is 12.1 Å². The summed E-state index contributed by atoms with van der Waals surface area (Å²) in [5.41, 5.74) is 3.35. The molecule has 0 radical (unpaired) electrons. The van der Waals surface area contributed by atoms with E-state index in [1.54, 1.807) is 13.0 Å². The van der Waals surface area contributed by atoms with Gasteiger partial charge in [-0.3, -0.25) is 4.79 Å². The second-order valence-corrected chi connectivity index (χ2v) is 6.73. The minimum absolute atomic E-state index is 0.0560. The van der Waals surface area contributed by atoms with Crippen molar-refractivity contribution in [2.24, 2.45) is 5.41 Å². The van der Waals surface area contributed by atoms with Crippen molar-refractivity contribution < 1.29 is 9.53 Å². The van der Waals surface area contributed by atoms with Crippen LogP contribution in [0.1, 0.15) is 51.7 Å². The van der Waals surface area contributed by atoms with E-state index in [0.717, 1.165) is 16.9 Å². The lowest BCUT2D eigenvalue weighted by Crippen LogP contribution is -2.17. The molecular weight excluding hydrogens is 260 g/mol. The van der Waals surface area contributed by atoms with Crippen LogP contribution in [0.25, 0.3) is 5.57 Å². The number of hydrogen-bond donors (Lipinski definition) is 0. The average Bonchev–Trinajstić information content (AvgIpc) is 2.52. The number of benzene rings is 1. The van der Waals surface area contributed by atoms with Gasteiger partial charge in [-0.1, -0.05) is 45.9 Å². The van der Waals surface area contributed by atoms with Gasteiger partial charge in [-0.05, 0) is 42.2 Å². The SMILES string of the molecule is CC(=O)C=CC1=CC(C)(C)COc2ccc(C(C)C)cc21. The maximum atomic E-state index is 11.3. The zero-order chi connectivity index (χ0) is 15.6. The highest BCUT2D eigenvalue weighted by atomic mass is 16.5. The van der Waals surface area contributed by atoms with Crippen molar-refractivity contribution in [2.75, 3.05) is 6.61 Å². The van der Waals surface area contributed by atoms with Crippen LogP contribution in [-0.4, -0.2) is 12.4 Å². The molecule has 21 heavy (non-hydrogen) atoms. The number of ketones is 1. The van der Waals surface area contributed by atoms with Crippen LogP contribution >= 0.6 is 0 Å². The molecule has 0 bridgehead atoms. The van der Waals surface area contributed by atoms with Crippen LogP contribution in [0.2, 0.25) is 0 Å². The summed E-state index contributed by atoms with van der Waals surface area (Å²) < 4.78 is 5.96. The van der Waals surface area contributed by atoms with Gasteiger partial charge < -0.3 is 4.74 Å². The fourth-order valence-corrected chi connectivity index (χ4v) is 2.41. The molecule has 0 aliphatic carbocycles. The lowest BCUT2D eigenvalue weighted by molar-refractivity contribution is -0.112. The molecule has 0 fully saturated rings. The summed E-state index contributed by atoms with van der Waals surface area (Å²) in [6.07, 6.45) is 5.73. The molecule has 1 aliphatic rings. The number of allylic oxidation sites excluding steroid dienone is 3. The van der Waals surface area contributed by atoms with Crippen LogP contribution in [0, 0.1) is 5.41 Å². The lowest BCUT2D eigenvalue weighted by Gasteiger charge is -2.18. The quantitative estimate of drug-likeness (QED) is 0.748. The van der Waals surface area contributed by atoms with Crippen molar-refractivity contribution in [2.45, 2.75) is 40.5 Å². The molecule has 0 spiro atoms. The van der Waals surface area contributed by atoms with E-state index < -0.39 is 0 Å². The Bertz CT molecular complexity index is 604. The predicted molar refractivity (Wildman–Crippen MR) is 87.6 cm³/mol. The second kappa shape index (κ2) is 5.88. The largest absolute Gasteiger partial charge is 0.492 e. The monoisotopic (exact) mass is 284 g/mol. The molecule has 0 aromatic heterocycles. The van der Waals surface area contributed by atoms with E-state index in [1.165, 1.54) is 5.56 Å². The summed E-state index contributed by atoms with van der Waals surface area (Å²) in [6, 6.07) is 6.34. The van der Waals surface area contributed by atoms with Gasteiger partial charge in [0.2, 0.25) is 0 Å². The summed E-state index contributed by atoms with van der Waals surface area (Å²) in [7, 11) is 0. The molecule has 0 amide bonds. The molecule has 112 valence electrons. The highest BCUT2D eigenvalue weighted by molar-refractivity contribution is 5.91. The summed E-state index contributed by atoms with van der Waals surface area (Å²) in [5.74, 6) is 1.41. The minimum atomic E-state index is -0.0620. The number of hydrogen-bond acceptors (Lipinski definition) is 2. The summed E-state index contributed by atoms with van der Waals surface area (Å²) in [6.45, 7) is 10.9. The molecule has 0 N–H and O–H groups in total. The summed E-state index contributed by atoms with van der Waals surface area (Å²) >= 11 is 0. The Hall–Kier alpha value is -1.83. The number of ether oxygens (including phenoxy) is 1. The van der Waals surface area contributed by atoms with Crippen molar-refractivity contribution >= 4 is 11.4 Å². The van der Waals surface area contributed by atoms with Crippen LogP contribution in [0.3, 0.4) is 0 Å². The first-order valence-electron chi connectivity index (χ1n) is 7.47. The molecule has 0 saturated carbocycles. The molecule has 2 rings (SSSR count). The fourth-order valence-electron chi connectivity index (χ4n) is 2.41. The van der Waals surface area contributed by atoms with E-state index in [0.29, 0.717) is 12.5 Å². The Morgan fingerprint density at radius 1 is 1.33 bits per heavy atom. The second-order valence-electron chi connectivity index (χ2n) is 6.73. The molecule has 0 saturated heterocycles. The molecule has 1 aromatic rings. The first-order chi connectivity index (χ1) is 9.78. The van der Waals surface area contributed by atoms with E-state index >= 15 is 0 Å². The van der Waals surface area contributed by atoms with Crippen molar-refractivity contribution in [3.8, 4) is 5.75 Å². The van der Waals surface area contributed by atoms with Gasteiger partial charge in [0.25, 0.3) is 0 Å². The smallest absolute Gasteiger partial charge is 0.152 e. The molecule has 1 aliphatic heterocycles. The Morgan fingerprint density at radius 3 is 2.67 bits per heavy atom. The normalized spacial score (nSPS) is 17.1. The van der Waals surface area contributed by atoms with Gasteiger partial charge in [0.05, 0.1) is 6.61 Å². The zero-order valence-corrected chi connectivity index (χ0v) is 13.6. The van der Waals surface area contributed by atoms with Gasteiger partial charge in [0.15, 0.2) is 5.78 Å². The van der Waals surface area contributed by atoms with Crippen LogP contribution < -0.4 is 4.74 Å². The topological polar surface area (TPSA) is 26.3 Å². The first kappa shape index (κ1) is 15.6. The number of carbonyl (C=O) groups excluding carboxylic acids is 1. The van der Waals surface area contributed by atoms with E-state index in [9.17, 15) is 4.79 Å². The van der Waals surface area contributed by atoms with Crippen LogP contribution in [0.5, 0.6) is 5.75 Å². The summed E-state index contributed by atoms with van der Waals surface area (Å²) in [4.78, 5) is 11.3. The van der Waals surface area contributed by atoms with Gasteiger partial charge in [-0.25, -0.2) is 0 Å². The molecular formula is C19H24O2. The molecule has 2 nitrogen and oxygen atoms in total. The number of carbonyl (C=O) groups is 1. The average molecular weight is 284 g/mol. The third kappa shape index (κ3) is 3.84. The molecule has 0 atom stereocenters. The zero-order valence-electron chi connectivity index (χ0n) is 13.6. The van der Waals surface area contributed by atoms with Crippen molar-refractivity contribution in [1.82, 2.24) is 0 Å². The third-order valence-corrected chi connectivity index (χ3v) is 3.62. The maximum absolute atomic E-state index is 11.3. The Labute approximate surface area is 127 Å². The van der Waals surface area contributed by atoms with Gasteiger partial charge in [0.1, 0.15) is 5.75 Å². The van der Waals surface area contributed by atoms with E-state index in [-0.39, 0.29) is 11.2 Å². The minimum Gasteiger partial charge on any atom is -0.492 e. The van der Waals surface area contributed by atoms with Crippen LogP contribution in [-0.2, 0) is 4.79 Å². The van der Waals surface area contributed by atoms with Crippen molar-refractivity contribution in [3.05, 3.63) is 47.6 Å². The Morgan fingerprint density at radius 2 is 2.05 bits per heavy atom. The Balaban J connectivity index is 2.56. The predicted octanol–water partition coefficient (Wildman–Crippen LogP) is 4.76. The standard InChI is InChI=1S/C19H24O2/c1-13(2)15-8-9-18-17(10-15)16(7-6-14(3)20)11-19(4,5)12-21-18/h6-11,13H,12H2,1-5H3. The van der Waals surface area contributed by atoms with Gasteiger partial charge in [-0.15, -0.1) is 0 Å². The fraction of sp³-hybridized carbons (Fsp3) is 0.421. The van der Waals surface area contributed by atoms with Gasteiger partial charge >= 0.3 is 0 Å². The molecule has 1 aromatic carbocycles. The van der Waals surface area contributed by atoms with Gasteiger partial charge in [0, 0.05) is 11.0 Å².